The van der Waals surface area contributed by atoms with Crippen molar-refractivity contribution in [1.29, 1.82) is 0 Å². The first-order valence-corrected chi connectivity index (χ1v) is 12.5. The summed E-state index contributed by atoms with van der Waals surface area (Å²) in [6.07, 6.45) is 1.59. The highest BCUT2D eigenvalue weighted by Crippen LogP contribution is 2.68. The van der Waals surface area contributed by atoms with Crippen molar-refractivity contribution in [3.8, 4) is 0 Å². The number of aliphatic hydroxyl groups excluding tert-OH is 1. The number of para-hydroxylation sites is 1. The van der Waals surface area contributed by atoms with Gasteiger partial charge < -0.3 is 20.6 Å². The molecule has 3 N–H and O–H groups in total. The Hall–Kier alpha value is -1.77. The Morgan fingerprint density at radius 3 is 2.72 bits per heavy atom. The SMILES string of the molecule is CCCNC(=O)[C@@H]1[C@@H]2CC(C)C3(S2)C(C(=O)Nc2ccccc2Cl)N([C@H](C)CO)C(=O)[C@H]13. The number of amides is 3. The summed E-state index contributed by atoms with van der Waals surface area (Å²) < 4.78 is -0.718. The minimum Gasteiger partial charge on any atom is -0.394 e. The van der Waals surface area contributed by atoms with E-state index in [4.69, 9.17) is 11.6 Å². The number of thioether (sulfide) groups is 1. The monoisotopic (exact) mass is 479 g/mol. The van der Waals surface area contributed by atoms with E-state index >= 15 is 0 Å². The number of fused-ring (bicyclic) bond motifs is 1. The van der Waals surface area contributed by atoms with Gasteiger partial charge in [0.1, 0.15) is 6.04 Å². The van der Waals surface area contributed by atoms with E-state index in [0.717, 1.165) is 12.8 Å². The van der Waals surface area contributed by atoms with E-state index in [-0.39, 0.29) is 35.5 Å². The highest BCUT2D eigenvalue weighted by Gasteiger charge is 2.76. The number of aliphatic hydroxyl groups is 1. The highest BCUT2D eigenvalue weighted by molar-refractivity contribution is 8.02. The van der Waals surface area contributed by atoms with Crippen LogP contribution in [0.5, 0.6) is 0 Å². The fourth-order valence-corrected chi connectivity index (χ4v) is 8.34. The topological polar surface area (TPSA) is 98.7 Å². The number of hydrogen-bond donors (Lipinski definition) is 3. The number of nitrogens with one attached hydrogen (secondary N) is 2. The summed E-state index contributed by atoms with van der Waals surface area (Å²) in [5.41, 5.74) is 0.477. The van der Waals surface area contributed by atoms with Crippen LogP contribution in [0.15, 0.2) is 24.3 Å². The molecule has 7 atom stereocenters. The minimum atomic E-state index is -0.799. The van der Waals surface area contributed by atoms with Gasteiger partial charge >= 0.3 is 0 Å². The van der Waals surface area contributed by atoms with Gasteiger partial charge in [0.05, 0.1) is 39.9 Å². The Kier molecular flexibility index (Phi) is 6.49. The summed E-state index contributed by atoms with van der Waals surface area (Å²) in [7, 11) is 0. The van der Waals surface area contributed by atoms with Crippen LogP contribution in [-0.2, 0) is 14.4 Å². The summed E-state index contributed by atoms with van der Waals surface area (Å²) >= 11 is 7.88. The van der Waals surface area contributed by atoms with E-state index in [1.807, 2.05) is 6.92 Å². The first kappa shape index (κ1) is 23.4. The molecule has 3 fully saturated rings. The van der Waals surface area contributed by atoms with Crippen LogP contribution in [0.2, 0.25) is 5.02 Å². The zero-order valence-electron chi connectivity index (χ0n) is 18.5. The fourth-order valence-electron chi connectivity index (χ4n) is 5.75. The average Bonchev–Trinajstić information content (AvgIpc) is 3.36. The molecule has 7 nitrogen and oxygen atoms in total. The number of nitrogens with zero attached hydrogens (tertiary/aromatic N) is 1. The summed E-state index contributed by atoms with van der Waals surface area (Å²) in [4.78, 5) is 42.1. The molecule has 3 heterocycles. The lowest BCUT2D eigenvalue weighted by atomic mass is 9.66. The molecule has 3 aliphatic heterocycles. The number of carbonyl (C=O) groups excluding carboxylic acids is 3. The van der Waals surface area contributed by atoms with E-state index in [0.29, 0.717) is 17.3 Å². The first-order chi connectivity index (χ1) is 15.3. The summed E-state index contributed by atoms with van der Waals surface area (Å²) in [6, 6.07) is 5.63. The predicted molar refractivity (Wildman–Crippen MR) is 125 cm³/mol. The number of anilines is 1. The molecule has 3 unspecified atom stereocenters. The Morgan fingerprint density at radius 2 is 2.06 bits per heavy atom. The van der Waals surface area contributed by atoms with Crippen LogP contribution in [0.3, 0.4) is 0 Å². The van der Waals surface area contributed by atoms with Gasteiger partial charge in [-0.1, -0.05) is 37.6 Å². The Morgan fingerprint density at radius 1 is 1.34 bits per heavy atom. The lowest BCUT2D eigenvalue weighted by Gasteiger charge is -2.39. The third kappa shape index (κ3) is 3.42. The molecule has 3 saturated heterocycles. The molecule has 0 aliphatic carbocycles. The van der Waals surface area contributed by atoms with E-state index in [1.54, 1.807) is 43.0 Å². The normalized spacial score (nSPS) is 33.8. The molecule has 9 heteroatoms. The average molecular weight is 480 g/mol. The molecule has 0 aromatic heterocycles. The zero-order chi connectivity index (χ0) is 23.2. The van der Waals surface area contributed by atoms with Crippen molar-refractivity contribution in [1.82, 2.24) is 10.2 Å². The van der Waals surface area contributed by atoms with Crippen molar-refractivity contribution < 1.29 is 19.5 Å². The van der Waals surface area contributed by atoms with Gasteiger partial charge in [0.25, 0.3) is 0 Å². The maximum atomic E-state index is 13.8. The molecular weight excluding hydrogens is 450 g/mol. The van der Waals surface area contributed by atoms with Gasteiger partial charge in [0.15, 0.2) is 0 Å². The van der Waals surface area contributed by atoms with Gasteiger partial charge in [0.2, 0.25) is 17.7 Å². The third-order valence-electron chi connectivity index (χ3n) is 7.15. The number of rotatable bonds is 7. The molecule has 32 heavy (non-hydrogen) atoms. The van der Waals surface area contributed by atoms with Gasteiger partial charge in [0, 0.05) is 11.8 Å². The second-order valence-corrected chi connectivity index (χ2v) is 11.0. The van der Waals surface area contributed by atoms with E-state index in [2.05, 4.69) is 17.6 Å². The molecule has 0 radical (unpaired) electrons. The van der Waals surface area contributed by atoms with Crippen LogP contribution in [0, 0.1) is 17.8 Å². The van der Waals surface area contributed by atoms with E-state index < -0.39 is 28.7 Å². The van der Waals surface area contributed by atoms with Crippen LogP contribution in [0.25, 0.3) is 0 Å². The molecule has 0 saturated carbocycles. The fraction of sp³-hybridized carbons (Fsp3) is 0.609. The van der Waals surface area contributed by atoms with Crippen molar-refractivity contribution in [3.63, 3.8) is 0 Å². The summed E-state index contributed by atoms with van der Waals surface area (Å²) in [6.45, 7) is 6.08. The van der Waals surface area contributed by atoms with Crippen molar-refractivity contribution in [2.75, 3.05) is 18.5 Å². The smallest absolute Gasteiger partial charge is 0.248 e. The molecule has 3 amide bonds. The highest BCUT2D eigenvalue weighted by atomic mass is 35.5. The van der Waals surface area contributed by atoms with Gasteiger partial charge in [-0.2, -0.15) is 0 Å². The number of likely N-dealkylation sites (tertiary alicyclic amines) is 1. The number of hydrogen-bond acceptors (Lipinski definition) is 5. The molecule has 174 valence electrons. The van der Waals surface area contributed by atoms with Crippen LogP contribution in [0.1, 0.15) is 33.6 Å². The van der Waals surface area contributed by atoms with Gasteiger partial charge in [-0.15, -0.1) is 11.8 Å². The molecule has 1 aromatic carbocycles. The largest absolute Gasteiger partial charge is 0.394 e. The number of halogens is 1. The molecule has 1 spiro atoms. The lowest BCUT2D eigenvalue weighted by molar-refractivity contribution is -0.141. The molecule has 2 bridgehead atoms. The van der Waals surface area contributed by atoms with Crippen LogP contribution >= 0.6 is 23.4 Å². The lowest BCUT2D eigenvalue weighted by Crippen LogP contribution is -2.56. The number of carbonyl (C=O) groups is 3. The number of benzene rings is 1. The van der Waals surface area contributed by atoms with E-state index in [9.17, 15) is 19.5 Å². The van der Waals surface area contributed by atoms with Crippen molar-refractivity contribution >= 4 is 46.8 Å². The van der Waals surface area contributed by atoms with Crippen molar-refractivity contribution in [2.45, 2.75) is 55.7 Å². The second kappa shape index (κ2) is 8.88. The standard InChI is InChI=1S/C23H30ClN3O4S/c1-4-9-25-20(29)17-16-10-12(2)23(32-16)18(17)22(31)27(13(3)11-28)19(23)21(30)26-15-8-6-5-7-14(15)24/h5-8,12-13,16-19,28H,4,9-11H2,1-3H3,(H,25,29)(H,26,30)/t12?,13-,16+,17-,18+,19?,23?/m1/s1. The maximum Gasteiger partial charge on any atom is 0.248 e. The predicted octanol–water partition coefficient (Wildman–Crippen LogP) is 2.52. The van der Waals surface area contributed by atoms with Crippen LogP contribution < -0.4 is 10.6 Å². The second-order valence-electron chi connectivity index (χ2n) is 9.09. The summed E-state index contributed by atoms with van der Waals surface area (Å²) in [5, 5.41) is 16.2. The van der Waals surface area contributed by atoms with Crippen molar-refractivity contribution in [3.05, 3.63) is 29.3 Å². The molecule has 3 aliphatic rings. The molecule has 4 rings (SSSR count). The Bertz CT molecular complexity index is 930. The van der Waals surface area contributed by atoms with Crippen LogP contribution in [-0.4, -0.2) is 63.0 Å². The molecule has 1 aromatic rings. The zero-order valence-corrected chi connectivity index (χ0v) is 20.1. The van der Waals surface area contributed by atoms with E-state index in [1.165, 1.54) is 4.90 Å². The summed E-state index contributed by atoms with van der Waals surface area (Å²) in [5.74, 6) is -1.65. The van der Waals surface area contributed by atoms with Crippen LogP contribution in [0.4, 0.5) is 5.69 Å². The van der Waals surface area contributed by atoms with Gasteiger partial charge in [-0.3, -0.25) is 14.4 Å². The Balaban J connectivity index is 1.74. The maximum absolute atomic E-state index is 13.8. The Labute approximate surface area is 197 Å². The van der Waals surface area contributed by atoms with Crippen molar-refractivity contribution in [2.24, 2.45) is 17.8 Å². The van der Waals surface area contributed by atoms with Gasteiger partial charge in [-0.05, 0) is 37.8 Å². The first-order valence-electron chi connectivity index (χ1n) is 11.2. The molecular formula is C23H30ClN3O4S. The van der Waals surface area contributed by atoms with Gasteiger partial charge in [-0.25, -0.2) is 0 Å². The minimum absolute atomic E-state index is 0.00185. The third-order valence-corrected chi connectivity index (χ3v) is 9.56. The quantitative estimate of drug-likeness (QED) is 0.558.